The van der Waals surface area contributed by atoms with E-state index in [1.165, 1.54) is 0 Å². The molecule has 0 unspecified atom stereocenters. The van der Waals surface area contributed by atoms with Crippen LogP contribution < -0.4 is 10.1 Å². The van der Waals surface area contributed by atoms with Crippen molar-refractivity contribution >= 4 is 21.6 Å². The summed E-state index contributed by atoms with van der Waals surface area (Å²) >= 11 is 3.50. The second-order valence-corrected chi connectivity index (χ2v) is 4.43. The monoisotopic (exact) mass is 272 g/mol. The number of nitrogens with one attached hydrogen (secondary N) is 1. The lowest BCUT2D eigenvalue weighted by molar-refractivity contribution is 0.414. The second-order valence-electron chi connectivity index (χ2n) is 3.58. The Morgan fingerprint density at radius 3 is 2.73 bits per heavy atom. The highest BCUT2D eigenvalue weighted by molar-refractivity contribution is 9.10. The Labute approximate surface area is 99.5 Å². The molecular weight excluding hydrogens is 256 g/mol. The maximum Gasteiger partial charge on any atom is 0.121 e. The summed E-state index contributed by atoms with van der Waals surface area (Å²) in [6.45, 7) is 1.92. The van der Waals surface area contributed by atoms with Crippen LogP contribution in [0, 0.1) is 0 Å². The predicted octanol–water partition coefficient (Wildman–Crippen LogP) is 2.43. The molecule has 4 heteroatoms. The fourth-order valence-electron chi connectivity index (χ4n) is 1.18. The van der Waals surface area contributed by atoms with E-state index in [1.54, 1.807) is 7.11 Å². The molecule has 0 atom stereocenters. The molecule has 0 radical (unpaired) electrons. The minimum atomic E-state index is 0.866. The maximum absolute atomic E-state index is 5.17. The average molecular weight is 273 g/mol. The number of halogens is 1. The summed E-state index contributed by atoms with van der Waals surface area (Å²) in [5.41, 5.74) is 1.07. The van der Waals surface area contributed by atoms with E-state index in [2.05, 4.69) is 40.2 Å². The van der Waals surface area contributed by atoms with Crippen LogP contribution in [-0.2, 0) is 0 Å². The molecule has 84 valence electrons. The fraction of sp³-hybridized carbons (Fsp3) is 0.455. The molecule has 3 nitrogen and oxygen atoms in total. The van der Waals surface area contributed by atoms with E-state index in [0.29, 0.717) is 0 Å². The van der Waals surface area contributed by atoms with E-state index in [-0.39, 0.29) is 0 Å². The summed E-state index contributed by atoms with van der Waals surface area (Å²) in [6.07, 6.45) is 0. The lowest BCUT2D eigenvalue weighted by atomic mass is 10.3. The van der Waals surface area contributed by atoms with Crippen LogP contribution in [0.3, 0.4) is 0 Å². The zero-order valence-electron chi connectivity index (χ0n) is 9.38. The molecule has 0 amide bonds. The van der Waals surface area contributed by atoms with Gasteiger partial charge in [-0.2, -0.15) is 0 Å². The van der Waals surface area contributed by atoms with Gasteiger partial charge >= 0.3 is 0 Å². The highest BCUT2D eigenvalue weighted by Crippen LogP contribution is 2.26. The molecule has 0 aliphatic carbocycles. The lowest BCUT2D eigenvalue weighted by Gasteiger charge is -2.13. The standard InChI is InChI=1S/C11H17BrN2O/c1-14(2)7-6-13-11-8-9(15-3)4-5-10(11)12/h4-5,8,13H,6-7H2,1-3H3. The normalized spacial score (nSPS) is 10.5. The molecule has 1 aromatic rings. The smallest absolute Gasteiger partial charge is 0.121 e. The summed E-state index contributed by atoms with van der Waals surface area (Å²) in [6, 6.07) is 5.90. The van der Waals surface area contributed by atoms with E-state index < -0.39 is 0 Å². The quantitative estimate of drug-likeness (QED) is 0.891. The van der Waals surface area contributed by atoms with Crippen molar-refractivity contribution in [3.8, 4) is 5.75 Å². The van der Waals surface area contributed by atoms with Crippen LogP contribution in [0.5, 0.6) is 5.75 Å². The third-order valence-corrected chi connectivity index (χ3v) is 2.74. The highest BCUT2D eigenvalue weighted by Gasteiger charge is 2.01. The van der Waals surface area contributed by atoms with Gasteiger partial charge in [0, 0.05) is 23.6 Å². The summed E-state index contributed by atoms with van der Waals surface area (Å²) in [4.78, 5) is 2.14. The largest absolute Gasteiger partial charge is 0.497 e. The van der Waals surface area contributed by atoms with Gasteiger partial charge in [0.2, 0.25) is 0 Å². The van der Waals surface area contributed by atoms with Crippen molar-refractivity contribution in [2.45, 2.75) is 0 Å². The van der Waals surface area contributed by atoms with Crippen molar-refractivity contribution in [1.82, 2.24) is 4.90 Å². The molecule has 1 N–H and O–H groups in total. The third-order valence-electron chi connectivity index (χ3n) is 2.05. The summed E-state index contributed by atoms with van der Waals surface area (Å²) in [7, 11) is 5.79. The van der Waals surface area contributed by atoms with Crippen LogP contribution in [0.4, 0.5) is 5.69 Å². The van der Waals surface area contributed by atoms with Crippen molar-refractivity contribution in [3.05, 3.63) is 22.7 Å². The van der Waals surface area contributed by atoms with Gasteiger partial charge in [-0.05, 0) is 42.2 Å². The molecule has 1 aromatic carbocycles. The minimum Gasteiger partial charge on any atom is -0.497 e. The van der Waals surface area contributed by atoms with Crippen molar-refractivity contribution in [2.24, 2.45) is 0 Å². The zero-order valence-corrected chi connectivity index (χ0v) is 11.0. The Bertz CT molecular complexity index is 315. The minimum absolute atomic E-state index is 0.866. The second kappa shape index (κ2) is 5.98. The summed E-state index contributed by atoms with van der Waals surface area (Å²) in [5, 5.41) is 3.35. The van der Waals surface area contributed by atoms with Gasteiger partial charge in [-0.25, -0.2) is 0 Å². The lowest BCUT2D eigenvalue weighted by Crippen LogP contribution is -2.20. The van der Waals surface area contributed by atoms with E-state index >= 15 is 0 Å². The van der Waals surface area contributed by atoms with Crippen molar-refractivity contribution in [2.75, 3.05) is 39.6 Å². The Kier molecular flexibility index (Phi) is 4.91. The van der Waals surface area contributed by atoms with E-state index in [9.17, 15) is 0 Å². The summed E-state index contributed by atoms with van der Waals surface area (Å²) < 4.78 is 6.22. The summed E-state index contributed by atoms with van der Waals surface area (Å²) in [5.74, 6) is 0.866. The molecule has 0 saturated heterocycles. The van der Waals surface area contributed by atoms with Crippen molar-refractivity contribution < 1.29 is 4.74 Å². The van der Waals surface area contributed by atoms with Gasteiger partial charge in [0.15, 0.2) is 0 Å². The number of likely N-dealkylation sites (N-methyl/N-ethyl adjacent to an activating group) is 1. The molecule has 0 spiro atoms. The van der Waals surface area contributed by atoms with Gasteiger partial charge < -0.3 is 15.0 Å². The van der Waals surface area contributed by atoms with Gasteiger partial charge in [-0.1, -0.05) is 0 Å². The predicted molar refractivity (Wildman–Crippen MR) is 67.7 cm³/mol. The number of hydrogen-bond acceptors (Lipinski definition) is 3. The van der Waals surface area contributed by atoms with E-state index in [4.69, 9.17) is 4.74 Å². The number of methoxy groups -OCH3 is 1. The first kappa shape index (κ1) is 12.3. The van der Waals surface area contributed by atoms with Gasteiger partial charge in [0.05, 0.1) is 12.8 Å². The van der Waals surface area contributed by atoms with Gasteiger partial charge in [0.25, 0.3) is 0 Å². The topological polar surface area (TPSA) is 24.5 Å². The Morgan fingerprint density at radius 2 is 2.13 bits per heavy atom. The van der Waals surface area contributed by atoms with Crippen LogP contribution in [0.2, 0.25) is 0 Å². The highest BCUT2D eigenvalue weighted by atomic mass is 79.9. The molecule has 0 fully saturated rings. The molecule has 0 aliphatic rings. The number of rotatable bonds is 5. The molecule has 15 heavy (non-hydrogen) atoms. The Balaban J connectivity index is 2.59. The fourth-order valence-corrected chi connectivity index (χ4v) is 1.57. The van der Waals surface area contributed by atoms with Crippen LogP contribution >= 0.6 is 15.9 Å². The SMILES string of the molecule is COc1ccc(Br)c(NCCN(C)C)c1. The zero-order chi connectivity index (χ0) is 11.3. The number of ether oxygens (including phenoxy) is 1. The number of anilines is 1. The first-order chi connectivity index (χ1) is 7.13. The third kappa shape index (κ3) is 4.10. The van der Waals surface area contributed by atoms with E-state index in [0.717, 1.165) is 29.0 Å². The molecule has 1 rings (SSSR count). The van der Waals surface area contributed by atoms with Crippen molar-refractivity contribution in [1.29, 1.82) is 0 Å². The molecule has 0 saturated carbocycles. The van der Waals surface area contributed by atoms with Crippen LogP contribution in [0.15, 0.2) is 22.7 Å². The van der Waals surface area contributed by atoms with Gasteiger partial charge in [-0.3, -0.25) is 0 Å². The van der Waals surface area contributed by atoms with Crippen molar-refractivity contribution in [3.63, 3.8) is 0 Å². The first-order valence-corrected chi connectivity index (χ1v) is 5.65. The number of hydrogen-bond donors (Lipinski definition) is 1. The van der Waals surface area contributed by atoms with Gasteiger partial charge in [-0.15, -0.1) is 0 Å². The molecule has 0 aliphatic heterocycles. The van der Waals surface area contributed by atoms with E-state index in [1.807, 2.05) is 18.2 Å². The van der Waals surface area contributed by atoms with Crippen LogP contribution in [0.25, 0.3) is 0 Å². The maximum atomic E-state index is 5.17. The van der Waals surface area contributed by atoms with Crippen LogP contribution in [-0.4, -0.2) is 39.2 Å². The Morgan fingerprint density at radius 1 is 1.40 bits per heavy atom. The molecule has 0 aromatic heterocycles. The Hall–Kier alpha value is -0.740. The number of benzene rings is 1. The number of nitrogens with zero attached hydrogens (tertiary/aromatic N) is 1. The molecule has 0 heterocycles. The molecular formula is C11H17BrN2O. The first-order valence-electron chi connectivity index (χ1n) is 4.85. The van der Waals surface area contributed by atoms with Gasteiger partial charge in [0.1, 0.15) is 5.75 Å². The average Bonchev–Trinajstić information content (AvgIpc) is 2.20. The molecule has 0 bridgehead atoms. The van der Waals surface area contributed by atoms with Crippen LogP contribution in [0.1, 0.15) is 0 Å².